The van der Waals surface area contributed by atoms with Crippen LogP contribution in [0.4, 0.5) is 0 Å². The lowest BCUT2D eigenvalue weighted by atomic mass is 9.97. The van der Waals surface area contributed by atoms with E-state index in [1.54, 1.807) is 6.92 Å². The van der Waals surface area contributed by atoms with Gasteiger partial charge >= 0.3 is 5.97 Å². The monoisotopic (exact) mass is 271 g/mol. The van der Waals surface area contributed by atoms with Gasteiger partial charge in [0.15, 0.2) is 0 Å². The number of hydrogen-bond acceptors (Lipinski definition) is 3. The summed E-state index contributed by atoms with van der Waals surface area (Å²) in [5.41, 5.74) is -0.890. The zero-order valence-electron chi connectivity index (χ0n) is 12.6. The molecule has 4 heteroatoms. The first kappa shape index (κ1) is 16.4. The number of hydrogen-bond donors (Lipinski definition) is 2. The van der Waals surface area contributed by atoms with E-state index in [9.17, 15) is 9.90 Å². The van der Waals surface area contributed by atoms with E-state index in [4.69, 9.17) is 4.74 Å². The number of carbonyl (C=O) groups is 1. The van der Waals surface area contributed by atoms with Gasteiger partial charge in [-0.3, -0.25) is 10.1 Å². The summed E-state index contributed by atoms with van der Waals surface area (Å²) in [5.74, 6) is -0.800. The highest BCUT2D eigenvalue weighted by Crippen LogP contribution is 2.21. The smallest absolute Gasteiger partial charge is 0.323 e. The van der Waals surface area contributed by atoms with E-state index < -0.39 is 11.5 Å². The van der Waals surface area contributed by atoms with Crippen molar-refractivity contribution >= 4 is 5.97 Å². The van der Waals surface area contributed by atoms with E-state index >= 15 is 0 Å². The molecule has 0 heterocycles. The predicted octanol–water partition coefficient (Wildman–Crippen LogP) is 2.96. The summed E-state index contributed by atoms with van der Waals surface area (Å²) in [6, 6.07) is 0.152. The predicted molar refractivity (Wildman–Crippen MR) is 76.4 cm³/mol. The van der Waals surface area contributed by atoms with Gasteiger partial charge in [-0.2, -0.15) is 0 Å². The van der Waals surface area contributed by atoms with Crippen LogP contribution >= 0.6 is 0 Å². The van der Waals surface area contributed by atoms with Gasteiger partial charge in [0.2, 0.25) is 0 Å². The van der Waals surface area contributed by atoms with Crippen molar-refractivity contribution in [1.82, 2.24) is 5.32 Å². The van der Waals surface area contributed by atoms with Crippen molar-refractivity contribution in [2.24, 2.45) is 0 Å². The molecule has 0 bridgehead atoms. The van der Waals surface area contributed by atoms with E-state index in [0.29, 0.717) is 19.1 Å². The van der Waals surface area contributed by atoms with Crippen LogP contribution in [0.25, 0.3) is 0 Å². The lowest BCUT2D eigenvalue weighted by Gasteiger charge is -2.29. The molecule has 112 valence electrons. The number of aliphatic carboxylic acids is 1. The molecule has 1 rings (SSSR count). The second-order valence-electron chi connectivity index (χ2n) is 6.17. The maximum Gasteiger partial charge on any atom is 0.323 e. The van der Waals surface area contributed by atoms with Crippen LogP contribution in [0.5, 0.6) is 0 Å². The van der Waals surface area contributed by atoms with Crippen molar-refractivity contribution in [3.63, 3.8) is 0 Å². The van der Waals surface area contributed by atoms with Gasteiger partial charge in [0.05, 0.1) is 6.10 Å². The molecule has 0 spiro atoms. The molecule has 1 atom stereocenters. The number of carboxylic acid groups (broad SMARTS) is 1. The number of nitrogens with one attached hydrogen (secondary N) is 1. The van der Waals surface area contributed by atoms with E-state index in [0.717, 1.165) is 12.8 Å². The zero-order chi connectivity index (χ0) is 14.3. The molecule has 2 N–H and O–H groups in total. The summed E-state index contributed by atoms with van der Waals surface area (Å²) < 4.78 is 5.89. The minimum absolute atomic E-state index is 0.152. The molecular formula is C15H29NO3. The van der Waals surface area contributed by atoms with Crippen LogP contribution in [0, 0.1) is 0 Å². The topological polar surface area (TPSA) is 58.6 Å². The van der Waals surface area contributed by atoms with Gasteiger partial charge in [0.25, 0.3) is 0 Å². The average molecular weight is 271 g/mol. The maximum atomic E-state index is 11.4. The summed E-state index contributed by atoms with van der Waals surface area (Å²) in [6.07, 6.45) is 8.19. The van der Waals surface area contributed by atoms with Crippen molar-refractivity contribution < 1.29 is 14.6 Å². The van der Waals surface area contributed by atoms with E-state index in [1.807, 2.05) is 13.8 Å². The van der Waals surface area contributed by atoms with Crippen molar-refractivity contribution in [2.75, 3.05) is 6.61 Å². The van der Waals surface area contributed by atoms with Gasteiger partial charge in [0.1, 0.15) is 5.54 Å². The quantitative estimate of drug-likeness (QED) is 0.699. The largest absolute Gasteiger partial charge is 0.480 e. The van der Waals surface area contributed by atoms with Crippen LogP contribution in [0.3, 0.4) is 0 Å². The molecule has 1 saturated carbocycles. The highest BCUT2D eigenvalue weighted by molar-refractivity contribution is 5.78. The highest BCUT2D eigenvalue weighted by atomic mass is 16.5. The number of carboxylic acids is 1. The lowest BCUT2D eigenvalue weighted by molar-refractivity contribution is -0.145. The number of rotatable bonds is 7. The summed E-state index contributed by atoms with van der Waals surface area (Å²) >= 11 is 0. The third-order valence-electron chi connectivity index (χ3n) is 3.84. The third kappa shape index (κ3) is 5.91. The Morgan fingerprint density at radius 3 is 2.37 bits per heavy atom. The van der Waals surface area contributed by atoms with Crippen LogP contribution in [0.15, 0.2) is 0 Å². The molecular weight excluding hydrogens is 242 g/mol. The minimum atomic E-state index is -0.890. The molecule has 0 aromatic heterocycles. The van der Waals surface area contributed by atoms with E-state index in [-0.39, 0.29) is 6.04 Å². The molecule has 1 aliphatic carbocycles. The Labute approximate surface area is 116 Å². The molecule has 0 saturated heterocycles. The molecule has 0 aromatic rings. The maximum absolute atomic E-state index is 11.4. The van der Waals surface area contributed by atoms with Gasteiger partial charge in [-0.15, -0.1) is 0 Å². The van der Waals surface area contributed by atoms with Crippen LogP contribution in [-0.4, -0.2) is 35.4 Å². The normalized spacial score (nSPS) is 21.1. The highest BCUT2D eigenvalue weighted by Gasteiger charge is 2.33. The first-order valence-electron chi connectivity index (χ1n) is 7.57. The van der Waals surface area contributed by atoms with Crippen molar-refractivity contribution in [1.29, 1.82) is 0 Å². The first-order chi connectivity index (χ1) is 8.94. The molecule has 1 fully saturated rings. The Morgan fingerprint density at radius 2 is 1.89 bits per heavy atom. The van der Waals surface area contributed by atoms with Crippen LogP contribution in [0.2, 0.25) is 0 Å². The number of ether oxygens (including phenoxy) is 1. The molecule has 1 unspecified atom stereocenters. The fraction of sp³-hybridized carbons (Fsp3) is 0.933. The Kier molecular flexibility index (Phi) is 6.80. The van der Waals surface area contributed by atoms with Gasteiger partial charge in [-0.1, -0.05) is 25.7 Å². The third-order valence-corrected chi connectivity index (χ3v) is 3.84. The summed E-state index contributed by atoms with van der Waals surface area (Å²) in [4.78, 5) is 11.4. The first-order valence-corrected chi connectivity index (χ1v) is 7.57. The fourth-order valence-corrected chi connectivity index (χ4v) is 2.72. The molecule has 0 aromatic carbocycles. The summed E-state index contributed by atoms with van der Waals surface area (Å²) in [5, 5.41) is 12.5. The SMILES string of the molecule is CC(C)NC(C)(CCOC1CCCCCC1)C(=O)O. The van der Waals surface area contributed by atoms with Gasteiger partial charge in [-0.05, 0) is 40.0 Å². The molecule has 0 aliphatic heterocycles. The van der Waals surface area contributed by atoms with Crippen LogP contribution in [0.1, 0.15) is 65.7 Å². The van der Waals surface area contributed by atoms with Crippen LogP contribution < -0.4 is 5.32 Å². The van der Waals surface area contributed by atoms with Crippen molar-refractivity contribution in [3.05, 3.63) is 0 Å². The van der Waals surface area contributed by atoms with Crippen LogP contribution in [-0.2, 0) is 9.53 Å². The summed E-state index contributed by atoms with van der Waals surface area (Å²) in [6.45, 7) is 6.19. The molecule has 0 radical (unpaired) electrons. The molecule has 1 aliphatic rings. The second-order valence-corrected chi connectivity index (χ2v) is 6.17. The zero-order valence-corrected chi connectivity index (χ0v) is 12.6. The Bertz CT molecular complexity index is 273. The Morgan fingerprint density at radius 1 is 1.32 bits per heavy atom. The van der Waals surface area contributed by atoms with Gasteiger partial charge < -0.3 is 9.84 Å². The van der Waals surface area contributed by atoms with Crippen molar-refractivity contribution in [3.8, 4) is 0 Å². The Balaban J connectivity index is 2.37. The second kappa shape index (κ2) is 7.85. The average Bonchev–Trinajstić information content (AvgIpc) is 2.56. The lowest BCUT2D eigenvalue weighted by Crippen LogP contribution is -2.53. The summed E-state index contributed by atoms with van der Waals surface area (Å²) in [7, 11) is 0. The molecule has 4 nitrogen and oxygen atoms in total. The van der Waals surface area contributed by atoms with Gasteiger partial charge in [-0.25, -0.2) is 0 Å². The van der Waals surface area contributed by atoms with Gasteiger partial charge in [0, 0.05) is 12.6 Å². The van der Waals surface area contributed by atoms with E-state index in [2.05, 4.69) is 5.32 Å². The molecule has 19 heavy (non-hydrogen) atoms. The fourth-order valence-electron chi connectivity index (χ4n) is 2.72. The van der Waals surface area contributed by atoms with Crippen molar-refractivity contribution in [2.45, 2.75) is 83.4 Å². The Hall–Kier alpha value is -0.610. The minimum Gasteiger partial charge on any atom is -0.480 e. The van der Waals surface area contributed by atoms with E-state index in [1.165, 1.54) is 25.7 Å². The standard InChI is InChI=1S/C15H29NO3/c1-12(2)16-15(3,14(17)18)10-11-19-13-8-6-4-5-7-9-13/h12-13,16H,4-11H2,1-3H3,(H,17,18). The molecule has 0 amide bonds.